The van der Waals surface area contributed by atoms with Gasteiger partial charge >= 0.3 is 0 Å². The van der Waals surface area contributed by atoms with E-state index in [1.807, 2.05) is 48.5 Å². The number of benzene rings is 8. The lowest BCUT2D eigenvalue weighted by Crippen LogP contribution is -2.32. The largest absolute Gasteiger partial charge is 0.457 e. The van der Waals surface area contributed by atoms with Gasteiger partial charge < -0.3 is 4.74 Å². The van der Waals surface area contributed by atoms with Crippen LogP contribution in [-0.2, 0) is 5.41 Å². The second-order valence-corrected chi connectivity index (χ2v) is 14.7. The average Bonchev–Trinajstić information content (AvgIpc) is 3.59. The smallest absolute Gasteiger partial charge is 0.187 e. The first-order chi connectivity index (χ1) is 28.7. The molecule has 0 saturated carbocycles. The summed E-state index contributed by atoms with van der Waals surface area (Å²) in [4.78, 5) is 14.5. The fourth-order valence-corrected chi connectivity index (χ4v) is 9.13. The first kappa shape index (κ1) is 33.5. The van der Waals surface area contributed by atoms with Gasteiger partial charge in [0.15, 0.2) is 11.5 Å². The van der Waals surface area contributed by atoms with E-state index >= 15 is 0 Å². The highest BCUT2D eigenvalue weighted by molar-refractivity contribution is 5.98. The summed E-state index contributed by atoms with van der Waals surface area (Å²) in [6, 6.07) is 69.4. The lowest BCUT2D eigenvalue weighted by Gasteiger charge is -2.39. The van der Waals surface area contributed by atoms with Gasteiger partial charge in [-0.1, -0.05) is 182 Å². The number of nitrogens with zero attached hydrogens (tertiary/aromatic N) is 3. The predicted molar refractivity (Wildman–Crippen MR) is 233 cm³/mol. The van der Waals surface area contributed by atoms with Gasteiger partial charge in [0.1, 0.15) is 11.5 Å². The summed E-state index contributed by atoms with van der Waals surface area (Å²) in [5, 5.41) is 0. The molecule has 0 atom stereocenters. The van der Waals surface area contributed by atoms with E-state index in [0.29, 0.717) is 11.5 Å². The Hall–Kier alpha value is -7.87. The maximum absolute atomic E-state index is 8.00. The molecule has 2 aliphatic rings. The molecule has 1 aromatic heterocycles. The molecule has 0 N–H and O–H groups in total. The predicted octanol–water partition coefficient (Wildman–Crippen LogP) is 13.8. The third-order valence-electron chi connectivity index (χ3n) is 11.6. The number of ether oxygens (including phenoxy) is 1. The van der Waals surface area contributed by atoms with Crippen molar-refractivity contribution < 1.29 is 4.74 Å². The minimum atomic E-state index is -0.625. The van der Waals surface area contributed by atoms with E-state index in [4.69, 9.17) is 21.3 Å². The van der Waals surface area contributed by atoms with Crippen molar-refractivity contribution in [2.75, 3.05) is 0 Å². The Morgan fingerprint density at radius 3 is 1.53 bits per heavy atom. The molecule has 4 nitrogen and oxygen atoms in total. The molecule has 0 unspecified atom stereocenters. The van der Waals surface area contributed by atoms with Gasteiger partial charge in [0.25, 0.3) is 0 Å². The molecule has 0 amide bonds. The summed E-state index contributed by atoms with van der Waals surface area (Å²) in [7, 11) is 0. The van der Waals surface area contributed by atoms with Gasteiger partial charge in [-0.15, -0.1) is 0 Å². The standard InChI is InChI=1S/C54H33N3O/c1-55-40-32-33-43-42(34-40)50-41(22-15-25-46(50)54(43)44-23-11-13-26-47(44)58-48-27-14-12-24-45(48)54)35-28-30-38(31-29-35)52-49(36-16-5-2-6-17-36)51(37-18-7-3-8-19-37)56-53(57-52)39-20-9-4-10-21-39/h2-34H. The molecule has 58 heavy (non-hydrogen) atoms. The maximum atomic E-state index is 8.00. The van der Waals surface area contributed by atoms with E-state index in [1.54, 1.807) is 0 Å². The van der Waals surface area contributed by atoms with Gasteiger partial charge in [-0.2, -0.15) is 0 Å². The van der Waals surface area contributed by atoms with Crippen molar-refractivity contribution in [3.63, 3.8) is 0 Å². The van der Waals surface area contributed by atoms with E-state index in [1.165, 1.54) is 5.56 Å². The molecule has 11 rings (SSSR count). The van der Waals surface area contributed by atoms with Gasteiger partial charge in [-0.25, -0.2) is 14.8 Å². The van der Waals surface area contributed by atoms with E-state index in [-0.39, 0.29) is 0 Å². The number of hydrogen-bond acceptors (Lipinski definition) is 3. The van der Waals surface area contributed by atoms with E-state index in [9.17, 15) is 0 Å². The van der Waals surface area contributed by atoms with E-state index < -0.39 is 5.41 Å². The van der Waals surface area contributed by atoms with Crippen LogP contribution in [0.2, 0.25) is 0 Å². The molecule has 1 aliphatic heterocycles. The number of fused-ring (bicyclic) bond motifs is 9. The topological polar surface area (TPSA) is 39.4 Å². The molecule has 1 spiro atoms. The second kappa shape index (κ2) is 13.4. The number of aromatic nitrogens is 2. The summed E-state index contributed by atoms with van der Waals surface area (Å²) in [5.41, 5.74) is 15.6. The highest BCUT2D eigenvalue weighted by Crippen LogP contribution is 2.63. The average molecular weight is 740 g/mol. The molecule has 2 heterocycles. The zero-order valence-electron chi connectivity index (χ0n) is 31.3. The fourth-order valence-electron chi connectivity index (χ4n) is 9.13. The van der Waals surface area contributed by atoms with Gasteiger partial charge in [-0.3, -0.25) is 0 Å². The second-order valence-electron chi connectivity index (χ2n) is 14.7. The molecular formula is C54H33N3O. The fraction of sp³-hybridized carbons (Fsp3) is 0.0185. The van der Waals surface area contributed by atoms with E-state index in [2.05, 4.69) is 157 Å². The Labute approximate surface area is 337 Å². The van der Waals surface area contributed by atoms with E-state index in [0.717, 1.165) is 89.6 Å². The minimum Gasteiger partial charge on any atom is -0.457 e. The third kappa shape index (κ3) is 5.08. The third-order valence-corrected chi connectivity index (χ3v) is 11.6. The SMILES string of the molecule is [C-]#[N+]c1ccc2c(c1)-c1c(-c3ccc(-c4nc(-c5ccccc5)nc(-c5ccccc5)c4-c4ccccc4)cc3)cccc1C21c2ccccc2Oc2ccccc21. The zero-order chi connectivity index (χ0) is 38.6. The van der Waals surface area contributed by atoms with Crippen LogP contribution in [0.5, 0.6) is 11.5 Å². The van der Waals surface area contributed by atoms with Gasteiger partial charge in [0.05, 0.1) is 23.4 Å². The Morgan fingerprint density at radius 2 is 0.914 bits per heavy atom. The molecule has 1 aliphatic carbocycles. The summed E-state index contributed by atoms with van der Waals surface area (Å²) in [6.07, 6.45) is 0. The van der Waals surface area contributed by atoms with Crippen LogP contribution in [-0.4, -0.2) is 9.97 Å². The first-order valence-electron chi connectivity index (χ1n) is 19.4. The summed E-state index contributed by atoms with van der Waals surface area (Å²) < 4.78 is 6.57. The monoisotopic (exact) mass is 739 g/mol. The summed E-state index contributed by atoms with van der Waals surface area (Å²) in [5.74, 6) is 2.36. The lowest BCUT2D eigenvalue weighted by molar-refractivity contribution is 0.436. The Morgan fingerprint density at radius 1 is 0.397 bits per heavy atom. The van der Waals surface area contributed by atoms with Gasteiger partial charge in [0, 0.05) is 33.4 Å². The van der Waals surface area contributed by atoms with Crippen molar-refractivity contribution >= 4 is 5.69 Å². The quantitative estimate of drug-likeness (QED) is 0.165. The molecule has 270 valence electrons. The molecule has 0 bridgehead atoms. The van der Waals surface area contributed by atoms with Crippen molar-refractivity contribution in [3.8, 4) is 78.8 Å². The van der Waals surface area contributed by atoms with Crippen LogP contribution in [0.25, 0.3) is 72.1 Å². The van der Waals surface area contributed by atoms with Gasteiger partial charge in [-0.05, 0) is 57.1 Å². The van der Waals surface area contributed by atoms with Crippen molar-refractivity contribution in [2.24, 2.45) is 0 Å². The molecule has 0 fully saturated rings. The zero-order valence-corrected chi connectivity index (χ0v) is 31.3. The molecule has 9 aromatic rings. The highest BCUT2D eigenvalue weighted by Gasteiger charge is 2.51. The van der Waals surface area contributed by atoms with Crippen molar-refractivity contribution in [1.29, 1.82) is 0 Å². The van der Waals surface area contributed by atoms with Crippen LogP contribution >= 0.6 is 0 Å². The van der Waals surface area contributed by atoms with Crippen molar-refractivity contribution in [1.82, 2.24) is 9.97 Å². The van der Waals surface area contributed by atoms with Crippen molar-refractivity contribution in [3.05, 3.63) is 234 Å². The van der Waals surface area contributed by atoms with Crippen LogP contribution in [0.3, 0.4) is 0 Å². The molecule has 0 radical (unpaired) electrons. The molecule has 4 heteroatoms. The Bertz CT molecular complexity index is 3030. The first-order valence-corrected chi connectivity index (χ1v) is 19.4. The Balaban J connectivity index is 1.13. The number of hydrogen-bond donors (Lipinski definition) is 0. The molecular weight excluding hydrogens is 707 g/mol. The minimum absolute atomic E-state index is 0.612. The van der Waals surface area contributed by atoms with Crippen LogP contribution < -0.4 is 4.74 Å². The Kier molecular flexibility index (Phi) is 7.74. The van der Waals surface area contributed by atoms with Crippen molar-refractivity contribution in [2.45, 2.75) is 5.41 Å². The maximum Gasteiger partial charge on any atom is 0.187 e. The summed E-state index contributed by atoms with van der Waals surface area (Å²) >= 11 is 0. The molecule has 8 aromatic carbocycles. The van der Waals surface area contributed by atoms with Crippen LogP contribution in [0.15, 0.2) is 200 Å². The number of rotatable bonds is 5. The normalized spacial score (nSPS) is 12.7. The van der Waals surface area contributed by atoms with Crippen LogP contribution in [0.4, 0.5) is 5.69 Å². The lowest BCUT2D eigenvalue weighted by atomic mass is 9.66. The molecule has 0 saturated heterocycles. The van der Waals surface area contributed by atoms with Crippen LogP contribution in [0, 0.1) is 6.57 Å². The number of para-hydroxylation sites is 2. The van der Waals surface area contributed by atoms with Gasteiger partial charge in [0.2, 0.25) is 0 Å². The van der Waals surface area contributed by atoms with Crippen LogP contribution in [0.1, 0.15) is 22.3 Å². The summed E-state index contributed by atoms with van der Waals surface area (Å²) in [6.45, 7) is 8.00. The highest BCUT2D eigenvalue weighted by atomic mass is 16.5.